The molecule has 2 N–H and O–H groups in total. The molecule has 0 unspecified atom stereocenters. The molecule has 0 aromatic heterocycles. The number of nitro groups is 1. The first kappa shape index (κ1) is 22.1. The summed E-state index contributed by atoms with van der Waals surface area (Å²) in [6.45, 7) is 7.41. The largest absolute Gasteiger partial charge is 0.385 e. The van der Waals surface area contributed by atoms with E-state index in [0.29, 0.717) is 13.2 Å². The molecule has 0 atom stereocenters. The fourth-order valence-electron chi connectivity index (χ4n) is 2.83. The van der Waals surface area contributed by atoms with Crippen LogP contribution in [0.2, 0.25) is 0 Å². The van der Waals surface area contributed by atoms with Gasteiger partial charge in [0.25, 0.3) is 5.69 Å². The van der Waals surface area contributed by atoms with Crippen molar-refractivity contribution in [3.05, 3.63) is 39.9 Å². The van der Waals surface area contributed by atoms with Crippen molar-refractivity contribution in [2.45, 2.75) is 19.4 Å². The maximum Gasteiger partial charge on any atom is 0.269 e. The summed E-state index contributed by atoms with van der Waals surface area (Å²) in [5.41, 5.74) is 1.02. The monoisotopic (exact) mass is 393 g/mol. The van der Waals surface area contributed by atoms with Crippen molar-refractivity contribution in [1.82, 2.24) is 15.5 Å². The summed E-state index contributed by atoms with van der Waals surface area (Å²) in [5, 5.41) is 17.4. The van der Waals surface area contributed by atoms with Gasteiger partial charge >= 0.3 is 0 Å². The number of guanidine groups is 1. The zero-order valence-electron chi connectivity index (χ0n) is 16.6. The van der Waals surface area contributed by atoms with Crippen LogP contribution in [0.4, 0.5) is 5.69 Å². The Morgan fingerprint density at radius 1 is 1.21 bits per heavy atom. The molecule has 0 amide bonds. The molecule has 0 saturated carbocycles. The normalized spacial score (nSPS) is 15.4. The van der Waals surface area contributed by atoms with Crippen molar-refractivity contribution < 1.29 is 14.4 Å². The highest BCUT2D eigenvalue weighted by Crippen LogP contribution is 2.12. The van der Waals surface area contributed by atoms with E-state index in [4.69, 9.17) is 9.47 Å². The number of non-ortho nitro benzene ring substituents is 1. The molecule has 2 rings (SSSR count). The maximum atomic E-state index is 10.7. The number of nitro benzene ring substituents is 1. The Kier molecular flexibility index (Phi) is 10.3. The van der Waals surface area contributed by atoms with Gasteiger partial charge in [0.15, 0.2) is 5.96 Å². The zero-order valence-corrected chi connectivity index (χ0v) is 16.6. The average Bonchev–Trinajstić information content (AvgIpc) is 2.72. The molecule has 0 spiro atoms. The van der Waals surface area contributed by atoms with E-state index in [-0.39, 0.29) is 5.69 Å². The second-order valence-corrected chi connectivity index (χ2v) is 6.60. The van der Waals surface area contributed by atoms with Crippen molar-refractivity contribution in [3.8, 4) is 0 Å². The van der Waals surface area contributed by atoms with Crippen LogP contribution in [0.1, 0.15) is 18.4 Å². The number of aliphatic imine (C=N–C) groups is 1. The van der Waals surface area contributed by atoms with Crippen molar-refractivity contribution in [3.63, 3.8) is 0 Å². The van der Waals surface area contributed by atoms with Gasteiger partial charge in [0.2, 0.25) is 0 Å². The van der Waals surface area contributed by atoms with E-state index in [1.54, 1.807) is 19.2 Å². The Balaban J connectivity index is 1.80. The third kappa shape index (κ3) is 8.64. The first-order valence-electron chi connectivity index (χ1n) is 9.73. The molecule has 28 heavy (non-hydrogen) atoms. The molecular weight excluding hydrogens is 362 g/mol. The lowest BCUT2D eigenvalue weighted by atomic mass is 10.2. The Morgan fingerprint density at radius 3 is 2.54 bits per heavy atom. The van der Waals surface area contributed by atoms with E-state index in [0.717, 1.165) is 70.3 Å². The quantitative estimate of drug-likeness (QED) is 0.193. The summed E-state index contributed by atoms with van der Waals surface area (Å²) >= 11 is 0. The van der Waals surface area contributed by atoms with Gasteiger partial charge in [-0.25, -0.2) is 4.99 Å². The number of benzene rings is 1. The molecule has 9 nitrogen and oxygen atoms in total. The fraction of sp³-hybridized carbons (Fsp3) is 0.632. The van der Waals surface area contributed by atoms with Gasteiger partial charge in [0, 0.05) is 52.0 Å². The SMILES string of the molecule is COCCCNC(=NCc1ccc([N+](=O)[O-])cc1)NCCCN1CCOCC1. The Hall–Kier alpha value is -2.23. The van der Waals surface area contributed by atoms with E-state index in [1.165, 1.54) is 12.1 Å². The molecule has 1 aromatic carbocycles. The third-order valence-corrected chi connectivity index (χ3v) is 4.43. The predicted octanol–water partition coefficient (Wildman–Crippen LogP) is 1.39. The molecule has 1 heterocycles. The second kappa shape index (κ2) is 13.0. The summed E-state index contributed by atoms with van der Waals surface area (Å²) in [6.07, 6.45) is 1.92. The minimum absolute atomic E-state index is 0.0897. The van der Waals surface area contributed by atoms with Crippen LogP contribution in [0.5, 0.6) is 0 Å². The second-order valence-electron chi connectivity index (χ2n) is 6.60. The molecule has 1 aliphatic rings. The molecule has 156 valence electrons. The molecule has 1 fully saturated rings. The number of hydrogen-bond acceptors (Lipinski definition) is 6. The molecular formula is C19H31N5O4. The van der Waals surface area contributed by atoms with E-state index in [2.05, 4.69) is 20.5 Å². The number of ether oxygens (including phenoxy) is 2. The fourth-order valence-corrected chi connectivity index (χ4v) is 2.83. The Bertz CT molecular complexity index is 603. The lowest BCUT2D eigenvalue weighted by Crippen LogP contribution is -2.41. The van der Waals surface area contributed by atoms with Crippen LogP contribution in [0.15, 0.2) is 29.3 Å². The van der Waals surface area contributed by atoms with Crippen LogP contribution in [0, 0.1) is 10.1 Å². The van der Waals surface area contributed by atoms with Crippen LogP contribution in [0.3, 0.4) is 0 Å². The van der Waals surface area contributed by atoms with Crippen molar-refractivity contribution in [1.29, 1.82) is 0 Å². The molecule has 1 saturated heterocycles. The highest BCUT2D eigenvalue weighted by molar-refractivity contribution is 5.79. The third-order valence-electron chi connectivity index (χ3n) is 4.43. The van der Waals surface area contributed by atoms with Crippen LogP contribution in [-0.4, -0.2) is 75.4 Å². The molecule has 0 aliphatic carbocycles. The van der Waals surface area contributed by atoms with E-state index >= 15 is 0 Å². The highest BCUT2D eigenvalue weighted by atomic mass is 16.6. The lowest BCUT2D eigenvalue weighted by molar-refractivity contribution is -0.384. The van der Waals surface area contributed by atoms with Gasteiger partial charge in [0.05, 0.1) is 24.7 Å². The standard InChI is InChI=1S/C19H31N5O4/c1-27-13-3-9-21-19(20-8-2-10-23-11-14-28-15-12-23)22-16-17-4-6-18(7-5-17)24(25)26/h4-7H,2-3,8-16H2,1H3,(H2,20,21,22). The number of nitrogens with one attached hydrogen (secondary N) is 2. The molecule has 1 aliphatic heterocycles. The van der Waals surface area contributed by atoms with Crippen LogP contribution < -0.4 is 10.6 Å². The summed E-state index contributed by atoms with van der Waals surface area (Å²) in [6, 6.07) is 6.49. The topological polar surface area (TPSA) is 101 Å². The molecule has 0 radical (unpaired) electrons. The minimum Gasteiger partial charge on any atom is -0.385 e. The molecule has 0 bridgehead atoms. The van der Waals surface area contributed by atoms with Gasteiger partial charge in [-0.2, -0.15) is 0 Å². The number of nitrogens with zero attached hydrogens (tertiary/aromatic N) is 3. The number of methoxy groups -OCH3 is 1. The van der Waals surface area contributed by atoms with Crippen LogP contribution >= 0.6 is 0 Å². The molecule has 1 aromatic rings. The van der Waals surface area contributed by atoms with E-state index in [1.807, 2.05) is 0 Å². The lowest BCUT2D eigenvalue weighted by Gasteiger charge is -2.26. The van der Waals surface area contributed by atoms with Gasteiger partial charge in [-0.3, -0.25) is 15.0 Å². The summed E-state index contributed by atoms with van der Waals surface area (Å²) in [5.74, 6) is 0.747. The first-order chi connectivity index (χ1) is 13.7. The average molecular weight is 393 g/mol. The maximum absolute atomic E-state index is 10.7. The summed E-state index contributed by atoms with van der Waals surface area (Å²) < 4.78 is 10.4. The van der Waals surface area contributed by atoms with Gasteiger partial charge < -0.3 is 20.1 Å². The van der Waals surface area contributed by atoms with Crippen molar-refractivity contribution in [2.75, 3.05) is 59.7 Å². The van der Waals surface area contributed by atoms with Crippen LogP contribution in [0.25, 0.3) is 0 Å². The smallest absolute Gasteiger partial charge is 0.269 e. The summed E-state index contributed by atoms with van der Waals surface area (Å²) in [4.78, 5) is 17.4. The van der Waals surface area contributed by atoms with Gasteiger partial charge in [-0.15, -0.1) is 0 Å². The Morgan fingerprint density at radius 2 is 1.89 bits per heavy atom. The highest BCUT2D eigenvalue weighted by Gasteiger charge is 2.09. The zero-order chi connectivity index (χ0) is 20.0. The van der Waals surface area contributed by atoms with Gasteiger partial charge in [-0.05, 0) is 24.9 Å². The number of morpholine rings is 1. The van der Waals surface area contributed by atoms with Crippen LogP contribution in [-0.2, 0) is 16.0 Å². The predicted molar refractivity (Wildman–Crippen MR) is 109 cm³/mol. The van der Waals surface area contributed by atoms with Crippen molar-refractivity contribution in [2.24, 2.45) is 4.99 Å². The van der Waals surface area contributed by atoms with E-state index < -0.39 is 4.92 Å². The van der Waals surface area contributed by atoms with Crippen molar-refractivity contribution >= 4 is 11.6 Å². The van der Waals surface area contributed by atoms with E-state index in [9.17, 15) is 10.1 Å². The summed E-state index contributed by atoms with van der Waals surface area (Å²) in [7, 11) is 1.69. The van der Waals surface area contributed by atoms with Gasteiger partial charge in [-0.1, -0.05) is 12.1 Å². The number of rotatable bonds is 11. The Labute approximate surface area is 166 Å². The number of hydrogen-bond donors (Lipinski definition) is 2. The first-order valence-corrected chi connectivity index (χ1v) is 9.73. The molecule has 9 heteroatoms. The minimum atomic E-state index is -0.397. The van der Waals surface area contributed by atoms with Gasteiger partial charge in [0.1, 0.15) is 0 Å².